The van der Waals surface area contributed by atoms with Crippen molar-refractivity contribution in [1.29, 1.82) is 0 Å². The van der Waals surface area contributed by atoms with Gasteiger partial charge in [-0.1, -0.05) is 0 Å². The molecule has 2 aromatic carbocycles. The van der Waals surface area contributed by atoms with E-state index in [1.54, 1.807) is 24.3 Å². The van der Waals surface area contributed by atoms with Crippen molar-refractivity contribution < 1.29 is 68.3 Å². The molecule has 2 saturated heterocycles. The normalized spacial score (nSPS) is 31.8. The fraction of sp³-hybridized carbons (Fsp3) is 0.467. The lowest BCUT2D eigenvalue weighted by Crippen LogP contribution is -2.62. The quantitative estimate of drug-likeness (QED) is 0.176. The summed E-state index contributed by atoms with van der Waals surface area (Å²) in [4.78, 5) is 24.2. The number of fused-ring (bicyclic) bond motifs is 1. The molecule has 0 spiro atoms. The number of phenols is 1. The number of rotatable bonds is 8. The molecule has 2 aliphatic rings. The number of aromatic hydroxyl groups is 1. The van der Waals surface area contributed by atoms with Gasteiger partial charge in [0.05, 0.1) is 19.8 Å². The van der Waals surface area contributed by atoms with E-state index < -0.39 is 85.2 Å². The van der Waals surface area contributed by atoms with Gasteiger partial charge in [-0.3, -0.25) is 9.59 Å². The van der Waals surface area contributed by atoms with Crippen molar-refractivity contribution in [3.8, 4) is 28.6 Å². The van der Waals surface area contributed by atoms with E-state index in [4.69, 9.17) is 32.8 Å². The van der Waals surface area contributed by atoms with Crippen LogP contribution in [-0.4, -0.2) is 112 Å². The van der Waals surface area contributed by atoms with Gasteiger partial charge in [0.2, 0.25) is 6.29 Å². The van der Waals surface area contributed by atoms with E-state index in [2.05, 4.69) is 0 Å². The van der Waals surface area contributed by atoms with Gasteiger partial charge in [0.15, 0.2) is 17.8 Å². The summed E-state index contributed by atoms with van der Waals surface area (Å²) >= 11 is 0. The average molecular weight is 635 g/mol. The van der Waals surface area contributed by atoms with E-state index in [1.807, 2.05) is 0 Å². The molecule has 244 valence electrons. The minimum absolute atomic E-state index is 0.0442. The molecule has 15 nitrogen and oxygen atoms in total. The highest BCUT2D eigenvalue weighted by Gasteiger charge is 2.48. The molecular weight excluding hydrogens is 600 g/mol. The third-order valence-corrected chi connectivity index (χ3v) is 7.58. The molecule has 3 heterocycles. The number of aliphatic hydroxyl groups excluding tert-OH is 5. The zero-order valence-corrected chi connectivity index (χ0v) is 24.4. The Hall–Kier alpha value is -3.80. The zero-order valence-electron chi connectivity index (χ0n) is 24.4. The molecule has 0 radical (unpaired) electrons. The van der Waals surface area contributed by atoms with Gasteiger partial charge in [-0.15, -0.1) is 0 Å². The van der Waals surface area contributed by atoms with Crippen molar-refractivity contribution in [2.75, 3.05) is 13.7 Å². The molecule has 0 bridgehead atoms. The number of methoxy groups -OCH3 is 1. The summed E-state index contributed by atoms with van der Waals surface area (Å²) in [5, 5.41) is 63.0. The third-order valence-electron chi connectivity index (χ3n) is 7.58. The molecule has 0 unspecified atom stereocenters. The highest BCUT2D eigenvalue weighted by molar-refractivity contribution is 5.86. The molecule has 1 aromatic heterocycles. The van der Waals surface area contributed by atoms with Crippen molar-refractivity contribution in [1.82, 2.24) is 0 Å². The topological polar surface area (TPSA) is 224 Å². The van der Waals surface area contributed by atoms with Crippen molar-refractivity contribution in [2.24, 2.45) is 0 Å². The first-order valence-corrected chi connectivity index (χ1v) is 14.0. The molecule has 3 aromatic rings. The summed E-state index contributed by atoms with van der Waals surface area (Å²) < 4.78 is 38.5. The SMILES string of the molecule is COc1ccc(-c2cc(=O)c3c(O)cc(O[C@@H]4O[C@H](CO[C@@H]5O[C@H](C)[C@H](OC(C)=O)[C@H](O)[C@H]5O)[C@H](O)[C@H](O)[C@H]4O)cc3o2)cc1. The van der Waals surface area contributed by atoms with Crippen LogP contribution in [0.25, 0.3) is 22.3 Å². The number of carbonyl (C=O) groups is 1. The number of hydrogen-bond acceptors (Lipinski definition) is 15. The van der Waals surface area contributed by atoms with Crippen LogP contribution in [0.3, 0.4) is 0 Å². The van der Waals surface area contributed by atoms with E-state index in [0.29, 0.717) is 11.3 Å². The number of phenolic OH excluding ortho intramolecular Hbond substituents is 1. The summed E-state index contributed by atoms with van der Waals surface area (Å²) in [7, 11) is 1.52. The van der Waals surface area contributed by atoms with Crippen LogP contribution in [0.1, 0.15) is 13.8 Å². The van der Waals surface area contributed by atoms with Gasteiger partial charge in [-0.25, -0.2) is 0 Å². The highest BCUT2D eigenvalue weighted by atomic mass is 16.7. The summed E-state index contributed by atoms with van der Waals surface area (Å²) in [6, 6.07) is 10.3. The van der Waals surface area contributed by atoms with Gasteiger partial charge in [0, 0.05) is 30.7 Å². The molecular formula is C30H34O15. The first kappa shape index (κ1) is 32.6. The van der Waals surface area contributed by atoms with Crippen molar-refractivity contribution in [2.45, 2.75) is 75.3 Å². The predicted molar refractivity (Wildman–Crippen MR) is 151 cm³/mol. The molecule has 0 aliphatic carbocycles. The van der Waals surface area contributed by atoms with Crippen molar-refractivity contribution >= 4 is 16.9 Å². The number of aliphatic hydroxyl groups is 5. The zero-order chi connectivity index (χ0) is 32.6. The lowest BCUT2D eigenvalue weighted by atomic mass is 9.98. The van der Waals surface area contributed by atoms with E-state index >= 15 is 0 Å². The molecule has 10 atom stereocenters. The van der Waals surface area contributed by atoms with Gasteiger partial charge in [0.1, 0.15) is 70.6 Å². The Kier molecular flexibility index (Phi) is 9.62. The minimum atomic E-state index is -1.78. The lowest BCUT2D eigenvalue weighted by Gasteiger charge is -2.43. The van der Waals surface area contributed by atoms with Crippen LogP contribution in [0.5, 0.6) is 17.2 Å². The van der Waals surface area contributed by atoms with E-state index in [9.17, 15) is 40.2 Å². The third kappa shape index (κ3) is 6.75. The molecule has 0 saturated carbocycles. The molecule has 5 rings (SSSR count). The molecule has 6 N–H and O–H groups in total. The predicted octanol–water partition coefficient (Wildman–Crippen LogP) is -0.224. The summed E-state index contributed by atoms with van der Waals surface area (Å²) in [5.41, 5.74) is -0.0127. The lowest BCUT2D eigenvalue weighted by molar-refractivity contribution is -0.319. The van der Waals surface area contributed by atoms with Crippen LogP contribution >= 0.6 is 0 Å². The van der Waals surface area contributed by atoms with Crippen LogP contribution in [-0.2, 0) is 23.7 Å². The van der Waals surface area contributed by atoms with Gasteiger partial charge in [0.25, 0.3) is 0 Å². The van der Waals surface area contributed by atoms with Gasteiger partial charge in [-0.2, -0.15) is 0 Å². The van der Waals surface area contributed by atoms with Crippen molar-refractivity contribution in [3.63, 3.8) is 0 Å². The number of carbonyl (C=O) groups excluding carboxylic acids is 1. The molecule has 0 amide bonds. The maximum atomic E-state index is 12.8. The van der Waals surface area contributed by atoms with Gasteiger partial charge < -0.3 is 63.5 Å². The summed E-state index contributed by atoms with van der Waals surface area (Å²) in [5.74, 6) is -0.479. The maximum absolute atomic E-state index is 12.8. The maximum Gasteiger partial charge on any atom is 0.303 e. The van der Waals surface area contributed by atoms with Crippen LogP contribution in [0.4, 0.5) is 0 Å². The van der Waals surface area contributed by atoms with Crippen molar-refractivity contribution in [3.05, 3.63) is 52.7 Å². The Balaban J connectivity index is 1.32. The fourth-order valence-electron chi connectivity index (χ4n) is 5.18. The Morgan fingerprint density at radius 3 is 2.22 bits per heavy atom. The second kappa shape index (κ2) is 13.3. The first-order valence-electron chi connectivity index (χ1n) is 14.0. The number of ether oxygens (including phenoxy) is 6. The second-order valence-electron chi connectivity index (χ2n) is 10.7. The van der Waals surface area contributed by atoms with Gasteiger partial charge >= 0.3 is 5.97 Å². The Bertz CT molecular complexity index is 1560. The number of esters is 1. The molecule has 15 heteroatoms. The second-order valence-corrected chi connectivity index (χ2v) is 10.7. The summed E-state index contributed by atoms with van der Waals surface area (Å²) in [6.07, 6.45) is -14.8. The Morgan fingerprint density at radius 1 is 0.867 bits per heavy atom. The van der Waals surface area contributed by atoms with Gasteiger partial charge in [-0.05, 0) is 31.2 Å². The minimum Gasteiger partial charge on any atom is -0.507 e. The number of benzene rings is 2. The van der Waals surface area contributed by atoms with Crippen LogP contribution in [0, 0.1) is 0 Å². The van der Waals surface area contributed by atoms with E-state index in [0.717, 1.165) is 13.0 Å². The van der Waals surface area contributed by atoms with E-state index in [1.165, 1.54) is 26.2 Å². The summed E-state index contributed by atoms with van der Waals surface area (Å²) in [6.45, 7) is 2.13. The molecule has 45 heavy (non-hydrogen) atoms. The monoisotopic (exact) mass is 634 g/mol. The highest BCUT2D eigenvalue weighted by Crippen LogP contribution is 2.34. The Morgan fingerprint density at radius 2 is 1.56 bits per heavy atom. The molecule has 2 fully saturated rings. The van der Waals surface area contributed by atoms with Crippen LogP contribution in [0.15, 0.2) is 51.7 Å². The Labute approximate surface area is 255 Å². The fourth-order valence-corrected chi connectivity index (χ4v) is 5.18. The van der Waals surface area contributed by atoms with Crippen LogP contribution in [0.2, 0.25) is 0 Å². The van der Waals surface area contributed by atoms with E-state index in [-0.39, 0.29) is 22.5 Å². The largest absolute Gasteiger partial charge is 0.507 e. The average Bonchev–Trinajstić information content (AvgIpc) is 3.00. The smallest absolute Gasteiger partial charge is 0.303 e. The molecule has 2 aliphatic heterocycles. The number of hydrogen-bond donors (Lipinski definition) is 6. The first-order chi connectivity index (χ1) is 21.4. The standard InChI is InChI=1S/C30H34O15/c1-12-28(42-13(2)31)25(36)27(38)29(41-12)40-11-21-23(34)24(35)26(37)30(45-21)43-16-8-17(32)22-18(33)10-19(44-20(22)9-16)14-4-6-15(39-3)7-5-14/h4-10,12,21,23-30,32,34-38H,11H2,1-3H3/t12-,21-,23+,24+,25-,26-,27-,28+,29-,30-/m1/s1. The van der Waals surface area contributed by atoms with Crippen LogP contribution < -0.4 is 14.9 Å².